The van der Waals surface area contributed by atoms with E-state index < -0.39 is 0 Å². The van der Waals surface area contributed by atoms with Gasteiger partial charge in [0.15, 0.2) is 0 Å². The van der Waals surface area contributed by atoms with Gasteiger partial charge in [0.2, 0.25) is 0 Å². The molecular weight excluding hydrogens is 280 g/mol. The number of hydrogen-bond acceptors (Lipinski definition) is 5. The van der Waals surface area contributed by atoms with Crippen molar-refractivity contribution in [1.82, 2.24) is 19.8 Å². The van der Waals surface area contributed by atoms with E-state index >= 15 is 0 Å². The van der Waals surface area contributed by atoms with Crippen LogP contribution in [0.1, 0.15) is 32.0 Å². The van der Waals surface area contributed by atoms with E-state index in [0.29, 0.717) is 12.5 Å². The van der Waals surface area contributed by atoms with Crippen LogP contribution >= 0.6 is 0 Å². The second kappa shape index (κ2) is 5.68. The average Bonchev–Trinajstić information content (AvgIpc) is 2.90. The largest absolute Gasteiger partial charge is 0.364 e. The Balaban J connectivity index is 1.60. The standard InChI is InChI=1S/C16H22N4O2/c1-16(2,3)14-4-5-15(21)20(18-14)10-13-8-19(9-13)7-12-6-17-22-11-12/h4-6,11,13H,7-10H2,1-3H3. The Hall–Kier alpha value is -1.95. The zero-order valence-corrected chi connectivity index (χ0v) is 13.3. The number of rotatable bonds is 4. The summed E-state index contributed by atoms with van der Waals surface area (Å²) in [6.07, 6.45) is 3.42. The summed E-state index contributed by atoms with van der Waals surface area (Å²) < 4.78 is 6.45. The maximum atomic E-state index is 12.0. The van der Waals surface area contributed by atoms with Crippen molar-refractivity contribution in [3.8, 4) is 0 Å². The molecule has 6 nitrogen and oxygen atoms in total. The van der Waals surface area contributed by atoms with Crippen LogP contribution in [-0.2, 0) is 18.5 Å². The van der Waals surface area contributed by atoms with Gasteiger partial charge in [-0.1, -0.05) is 25.9 Å². The van der Waals surface area contributed by atoms with Gasteiger partial charge in [0.1, 0.15) is 6.26 Å². The second-order valence-corrected chi connectivity index (χ2v) is 7.08. The van der Waals surface area contributed by atoms with E-state index in [0.717, 1.165) is 30.9 Å². The third kappa shape index (κ3) is 3.27. The van der Waals surface area contributed by atoms with Crippen molar-refractivity contribution < 1.29 is 4.52 Å². The molecule has 0 aromatic carbocycles. The van der Waals surface area contributed by atoms with E-state index in [2.05, 4.69) is 35.9 Å². The summed E-state index contributed by atoms with van der Waals surface area (Å²) >= 11 is 0. The van der Waals surface area contributed by atoms with Gasteiger partial charge in [-0.2, -0.15) is 5.10 Å². The maximum absolute atomic E-state index is 12.0. The number of aromatic nitrogens is 3. The molecule has 6 heteroatoms. The fourth-order valence-corrected chi connectivity index (χ4v) is 2.71. The van der Waals surface area contributed by atoms with Crippen molar-refractivity contribution in [3.63, 3.8) is 0 Å². The van der Waals surface area contributed by atoms with Gasteiger partial charge < -0.3 is 4.52 Å². The molecule has 3 rings (SSSR count). The van der Waals surface area contributed by atoms with Crippen molar-refractivity contribution in [2.45, 2.75) is 39.3 Å². The van der Waals surface area contributed by atoms with Crippen LogP contribution in [0.3, 0.4) is 0 Å². The van der Waals surface area contributed by atoms with Crippen molar-refractivity contribution in [2.75, 3.05) is 13.1 Å². The van der Waals surface area contributed by atoms with Crippen LogP contribution in [0.5, 0.6) is 0 Å². The van der Waals surface area contributed by atoms with E-state index in [9.17, 15) is 4.79 Å². The molecule has 0 saturated carbocycles. The van der Waals surface area contributed by atoms with Gasteiger partial charge >= 0.3 is 0 Å². The minimum absolute atomic E-state index is 0.0227. The molecule has 0 N–H and O–H groups in total. The molecule has 118 valence electrons. The Morgan fingerprint density at radius 2 is 2.09 bits per heavy atom. The average molecular weight is 302 g/mol. The summed E-state index contributed by atoms with van der Waals surface area (Å²) in [5.74, 6) is 0.472. The molecular formula is C16H22N4O2. The lowest BCUT2D eigenvalue weighted by molar-refractivity contribution is 0.0761. The smallest absolute Gasteiger partial charge is 0.266 e. The van der Waals surface area contributed by atoms with E-state index in [1.165, 1.54) is 0 Å². The van der Waals surface area contributed by atoms with Gasteiger partial charge in [-0.3, -0.25) is 9.69 Å². The van der Waals surface area contributed by atoms with E-state index in [-0.39, 0.29) is 11.0 Å². The first kappa shape index (κ1) is 15.0. The summed E-state index contributed by atoms with van der Waals surface area (Å²) in [7, 11) is 0. The lowest BCUT2D eigenvalue weighted by Gasteiger charge is -2.39. The molecule has 1 aliphatic rings. The highest BCUT2D eigenvalue weighted by Crippen LogP contribution is 2.21. The quantitative estimate of drug-likeness (QED) is 0.859. The Labute approximate surface area is 129 Å². The SMILES string of the molecule is CC(C)(C)c1ccc(=O)n(CC2CN(Cc3cnoc3)C2)n1. The normalized spacial score (nSPS) is 16.7. The Kier molecular flexibility index (Phi) is 3.87. The minimum atomic E-state index is -0.0462. The van der Waals surface area contributed by atoms with Crippen molar-refractivity contribution in [2.24, 2.45) is 5.92 Å². The molecule has 1 aliphatic heterocycles. The lowest BCUT2D eigenvalue weighted by Crippen LogP contribution is -2.49. The molecule has 0 aliphatic carbocycles. The fraction of sp³-hybridized carbons (Fsp3) is 0.562. The summed E-state index contributed by atoms with van der Waals surface area (Å²) in [5.41, 5.74) is 1.97. The van der Waals surface area contributed by atoms with E-state index in [1.807, 2.05) is 6.07 Å². The lowest BCUT2D eigenvalue weighted by atomic mass is 9.92. The number of hydrogen-bond donors (Lipinski definition) is 0. The van der Waals surface area contributed by atoms with Gasteiger partial charge in [-0.05, 0) is 6.07 Å². The second-order valence-electron chi connectivity index (χ2n) is 7.08. The van der Waals surface area contributed by atoms with Crippen molar-refractivity contribution in [3.05, 3.63) is 46.2 Å². The highest BCUT2D eigenvalue weighted by Gasteiger charge is 2.28. The molecule has 0 bridgehead atoms. The highest BCUT2D eigenvalue weighted by molar-refractivity contribution is 5.10. The zero-order valence-electron chi connectivity index (χ0n) is 13.3. The van der Waals surface area contributed by atoms with Crippen LogP contribution in [-0.4, -0.2) is 32.9 Å². The predicted molar refractivity (Wildman–Crippen MR) is 82.5 cm³/mol. The Bertz CT molecular complexity index is 679. The van der Waals surface area contributed by atoms with Gasteiger partial charge in [0.25, 0.3) is 5.56 Å². The summed E-state index contributed by atoms with van der Waals surface area (Å²) in [4.78, 5) is 14.3. The zero-order chi connectivity index (χ0) is 15.7. The summed E-state index contributed by atoms with van der Waals surface area (Å²) in [6.45, 7) is 9.79. The summed E-state index contributed by atoms with van der Waals surface area (Å²) in [5, 5.41) is 8.23. The highest BCUT2D eigenvalue weighted by atomic mass is 16.5. The number of likely N-dealkylation sites (tertiary alicyclic amines) is 1. The monoisotopic (exact) mass is 302 g/mol. The molecule has 22 heavy (non-hydrogen) atoms. The van der Waals surface area contributed by atoms with Gasteiger partial charge in [0.05, 0.1) is 18.4 Å². The Morgan fingerprint density at radius 1 is 1.32 bits per heavy atom. The molecule has 2 aromatic heterocycles. The van der Waals surface area contributed by atoms with Crippen LogP contribution in [0.4, 0.5) is 0 Å². The van der Waals surface area contributed by atoms with Crippen molar-refractivity contribution in [1.29, 1.82) is 0 Å². The van der Waals surface area contributed by atoms with Crippen molar-refractivity contribution >= 4 is 0 Å². The first-order valence-corrected chi connectivity index (χ1v) is 7.61. The fourth-order valence-electron chi connectivity index (χ4n) is 2.71. The topological polar surface area (TPSA) is 64.2 Å². The minimum Gasteiger partial charge on any atom is -0.364 e. The van der Waals surface area contributed by atoms with Crippen LogP contribution in [0.25, 0.3) is 0 Å². The van der Waals surface area contributed by atoms with Gasteiger partial charge in [0, 0.05) is 42.6 Å². The third-order valence-electron chi connectivity index (χ3n) is 3.99. The molecule has 0 unspecified atom stereocenters. The van der Waals surface area contributed by atoms with Crippen LogP contribution in [0.2, 0.25) is 0 Å². The van der Waals surface area contributed by atoms with Crippen LogP contribution in [0, 0.1) is 5.92 Å². The molecule has 3 heterocycles. The molecule has 2 aromatic rings. The molecule has 0 radical (unpaired) electrons. The first-order valence-electron chi connectivity index (χ1n) is 7.61. The van der Waals surface area contributed by atoms with Gasteiger partial charge in [-0.25, -0.2) is 4.68 Å². The van der Waals surface area contributed by atoms with Gasteiger partial charge in [-0.15, -0.1) is 0 Å². The molecule has 0 amide bonds. The van der Waals surface area contributed by atoms with Crippen LogP contribution < -0.4 is 5.56 Å². The van der Waals surface area contributed by atoms with E-state index in [1.54, 1.807) is 23.2 Å². The first-order chi connectivity index (χ1) is 10.4. The molecule has 0 atom stereocenters. The number of nitrogens with zero attached hydrogens (tertiary/aromatic N) is 4. The molecule has 1 saturated heterocycles. The third-order valence-corrected chi connectivity index (χ3v) is 3.99. The maximum Gasteiger partial charge on any atom is 0.266 e. The summed E-state index contributed by atoms with van der Waals surface area (Å²) in [6, 6.07) is 3.46. The Morgan fingerprint density at radius 3 is 2.73 bits per heavy atom. The van der Waals surface area contributed by atoms with E-state index in [4.69, 9.17) is 4.52 Å². The van der Waals surface area contributed by atoms with Crippen LogP contribution in [0.15, 0.2) is 33.9 Å². The molecule has 1 fully saturated rings. The predicted octanol–water partition coefficient (Wildman–Crippen LogP) is 1.66. The molecule has 0 spiro atoms.